The first kappa shape index (κ1) is 29.7. The zero-order valence-electron chi connectivity index (χ0n) is 23.7. The molecule has 0 saturated carbocycles. The number of aryl methyl sites for hydroxylation is 1. The van der Waals surface area contributed by atoms with Crippen molar-refractivity contribution in [2.75, 3.05) is 25.0 Å². The van der Waals surface area contributed by atoms with E-state index in [-0.39, 0.29) is 17.9 Å². The summed E-state index contributed by atoms with van der Waals surface area (Å²) < 4.78 is 2.04. The highest BCUT2D eigenvalue weighted by Gasteiger charge is 2.15. The van der Waals surface area contributed by atoms with Crippen molar-refractivity contribution in [1.82, 2.24) is 30.6 Å². The number of amides is 2. The van der Waals surface area contributed by atoms with Crippen LogP contribution in [0.4, 0.5) is 5.82 Å². The van der Waals surface area contributed by atoms with Crippen LogP contribution in [-0.4, -0.2) is 51.2 Å². The van der Waals surface area contributed by atoms with Gasteiger partial charge in [-0.15, -0.1) is 0 Å². The topological polar surface area (TPSA) is 133 Å². The fourth-order valence-electron chi connectivity index (χ4n) is 4.79. The highest BCUT2D eigenvalue weighted by molar-refractivity contribution is 5.95. The van der Waals surface area contributed by atoms with E-state index >= 15 is 0 Å². The van der Waals surface area contributed by atoms with E-state index in [2.05, 4.69) is 51.0 Å². The van der Waals surface area contributed by atoms with Gasteiger partial charge in [0.05, 0.1) is 11.1 Å². The van der Waals surface area contributed by atoms with E-state index in [1.807, 2.05) is 54.1 Å². The Balaban J connectivity index is 1.27. The number of hydrogen-bond donors (Lipinski definition) is 5. The average molecular weight is 558 g/mol. The van der Waals surface area contributed by atoms with Crippen LogP contribution in [0.1, 0.15) is 61.0 Å². The lowest BCUT2D eigenvalue weighted by Gasteiger charge is -2.15. The molecule has 216 valence electrons. The molecule has 0 aliphatic carbocycles. The maximum Gasteiger partial charge on any atom is 0.251 e. The molecule has 2 aromatic heterocycles. The molecule has 10 heteroatoms. The summed E-state index contributed by atoms with van der Waals surface area (Å²) in [6, 6.07) is 20.0. The summed E-state index contributed by atoms with van der Waals surface area (Å²) >= 11 is 0. The van der Waals surface area contributed by atoms with Crippen LogP contribution in [0.25, 0.3) is 22.3 Å². The Labute approximate surface area is 240 Å². The van der Waals surface area contributed by atoms with Crippen molar-refractivity contribution in [3.63, 3.8) is 0 Å². The summed E-state index contributed by atoms with van der Waals surface area (Å²) in [6.45, 7) is 4.19. The molecule has 0 fully saturated rings. The van der Waals surface area contributed by atoms with Crippen molar-refractivity contribution in [2.24, 2.45) is 7.05 Å². The summed E-state index contributed by atoms with van der Waals surface area (Å²) in [6.07, 6.45) is 5.65. The zero-order valence-corrected chi connectivity index (χ0v) is 23.7. The van der Waals surface area contributed by atoms with E-state index in [1.54, 1.807) is 11.8 Å². The number of nitrogens with zero attached hydrogens (tertiary/aromatic N) is 3. The summed E-state index contributed by atoms with van der Waals surface area (Å²) in [5.74, 6) is 0.336. The molecule has 4 aromatic rings. The lowest BCUT2D eigenvalue weighted by atomic mass is 10.1. The number of rotatable bonds is 15. The molecule has 1 atom stereocenters. The SMILES string of the molecule is C[C@@H](Nc1ncnc2c1cc(-c1ccc(C(=O)NCCNCCCCCCC(=O)NO)cc1)n2C)c1ccccc1. The second-order valence-corrected chi connectivity index (χ2v) is 10.1. The zero-order chi connectivity index (χ0) is 29.0. The highest BCUT2D eigenvalue weighted by Crippen LogP contribution is 2.31. The summed E-state index contributed by atoms with van der Waals surface area (Å²) in [5, 5.41) is 19.2. The van der Waals surface area contributed by atoms with Crippen LogP contribution in [-0.2, 0) is 11.8 Å². The molecule has 10 nitrogen and oxygen atoms in total. The number of aromatic nitrogens is 3. The van der Waals surface area contributed by atoms with E-state index in [9.17, 15) is 9.59 Å². The molecule has 0 saturated heterocycles. The lowest BCUT2D eigenvalue weighted by Crippen LogP contribution is -2.32. The van der Waals surface area contributed by atoms with Crippen LogP contribution in [0.5, 0.6) is 0 Å². The first-order chi connectivity index (χ1) is 20.0. The molecule has 0 aliphatic rings. The summed E-state index contributed by atoms with van der Waals surface area (Å²) in [7, 11) is 1.98. The minimum absolute atomic E-state index is 0.0878. The van der Waals surface area contributed by atoms with E-state index in [0.717, 1.165) is 60.3 Å². The maximum atomic E-state index is 12.6. The van der Waals surface area contributed by atoms with Gasteiger partial charge in [-0.05, 0) is 55.6 Å². The molecule has 0 unspecified atom stereocenters. The number of carbonyl (C=O) groups excluding carboxylic acids is 2. The molecule has 2 amide bonds. The Hall–Kier alpha value is -4.28. The van der Waals surface area contributed by atoms with Gasteiger partial charge < -0.3 is 20.5 Å². The van der Waals surface area contributed by atoms with Crippen molar-refractivity contribution < 1.29 is 14.8 Å². The van der Waals surface area contributed by atoms with Crippen LogP contribution in [0.3, 0.4) is 0 Å². The largest absolute Gasteiger partial charge is 0.363 e. The molecule has 0 spiro atoms. The summed E-state index contributed by atoms with van der Waals surface area (Å²) in [5.41, 5.74) is 6.25. The highest BCUT2D eigenvalue weighted by atomic mass is 16.5. The first-order valence-corrected chi connectivity index (χ1v) is 14.1. The molecule has 0 aliphatic heterocycles. The number of unbranched alkanes of at least 4 members (excludes halogenated alkanes) is 3. The van der Waals surface area contributed by atoms with Crippen molar-refractivity contribution in [3.05, 3.63) is 78.1 Å². The minimum Gasteiger partial charge on any atom is -0.363 e. The molecule has 5 N–H and O–H groups in total. The van der Waals surface area contributed by atoms with Gasteiger partial charge in [0.2, 0.25) is 5.91 Å². The third kappa shape index (κ3) is 8.12. The van der Waals surface area contributed by atoms with Gasteiger partial charge in [0.1, 0.15) is 17.8 Å². The van der Waals surface area contributed by atoms with Crippen molar-refractivity contribution in [3.8, 4) is 11.3 Å². The Kier molecular flexibility index (Phi) is 10.8. The standard InChI is InChI=1S/C31H39N7O3/c1-22(23-10-6-5-7-11-23)36-29-26-20-27(38(2)30(26)35-21-34-29)24-13-15-25(16-14-24)31(40)33-19-18-32-17-9-4-3-8-12-28(39)37-41/h5-7,10-11,13-16,20-22,32,41H,3-4,8-9,12,17-19H2,1-2H3,(H,33,40)(H,37,39)(H,34,35,36)/t22-/m1/s1. The molecule has 2 heterocycles. The van der Waals surface area contributed by atoms with Crippen molar-refractivity contribution in [1.29, 1.82) is 0 Å². The first-order valence-electron chi connectivity index (χ1n) is 14.1. The molecule has 4 rings (SSSR count). The van der Waals surface area contributed by atoms with Crippen LogP contribution in [0, 0.1) is 0 Å². The quantitative estimate of drug-likeness (QED) is 0.0821. The second-order valence-electron chi connectivity index (χ2n) is 10.1. The monoisotopic (exact) mass is 557 g/mol. The molecular weight excluding hydrogens is 518 g/mol. The third-order valence-electron chi connectivity index (χ3n) is 7.14. The van der Waals surface area contributed by atoms with Gasteiger partial charge in [0.15, 0.2) is 0 Å². The van der Waals surface area contributed by atoms with E-state index in [0.29, 0.717) is 25.1 Å². The van der Waals surface area contributed by atoms with Crippen LogP contribution in [0.2, 0.25) is 0 Å². The number of nitrogens with one attached hydrogen (secondary N) is 4. The third-order valence-corrected chi connectivity index (χ3v) is 7.14. The van der Waals surface area contributed by atoms with Gasteiger partial charge in [0, 0.05) is 38.2 Å². The smallest absolute Gasteiger partial charge is 0.251 e. The molecule has 41 heavy (non-hydrogen) atoms. The van der Waals surface area contributed by atoms with Crippen LogP contribution >= 0.6 is 0 Å². The molecule has 0 bridgehead atoms. The maximum absolute atomic E-state index is 12.6. The lowest BCUT2D eigenvalue weighted by molar-refractivity contribution is -0.129. The van der Waals surface area contributed by atoms with Crippen LogP contribution in [0.15, 0.2) is 67.0 Å². The van der Waals surface area contributed by atoms with Gasteiger partial charge in [-0.2, -0.15) is 0 Å². The Bertz CT molecular complexity index is 1420. The Morgan fingerprint density at radius 1 is 0.927 bits per heavy atom. The van der Waals surface area contributed by atoms with Crippen LogP contribution < -0.4 is 21.4 Å². The van der Waals surface area contributed by atoms with Gasteiger partial charge in [-0.25, -0.2) is 15.4 Å². The Morgan fingerprint density at radius 2 is 1.68 bits per heavy atom. The van der Waals surface area contributed by atoms with E-state index in [1.165, 1.54) is 5.56 Å². The summed E-state index contributed by atoms with van der Waals surface area (Å²) in [4.78, 5) is 32.6. The second kappa shape index (κ2) is 14.9. The fraction of sp³-hybridized carbons (Fsp3) is 0.355. The number of hydroxylamine groups is 1. The van der Waals surface area contributed by atoms with Crippen molar-refractivity contribution >= 4 is 28.7 Å². The number of benzene rings is 2. The van der Waals surface area contributed by atoms with Gasteiger partial charge in [0.25, 0.3) is 5.91 Å². The van der Waals surface area contributed by atoms with E-state index in [4.69, 9.17) is 5.21 Å². The fourth-order valence-corrected chi connectivity index (χ4v) is 4.79. The van der Waals surface area contributed by atoms with Gasteiger partial charge >= 0.3 is 0 Å². The number of hydrogen-bond acceptors (Lipinski definition) is 7. The van der Waals surface area contributed by atoms with E-state index < -0.39 is 0 Å². The molecule has 0 radical (unpaired) electrons. The average Bonchev–Trinajstić information content (AvgIpc) is 3.35. The minimum atomic E-state index is -0.340. The predicted octanol–water partition coefficient (Wildman–Crippen LogP) is 4.58. The molecule has 2 aromatic carbocycles. The Morgan fingerprint density at radius 3 is 2.44 bits per heavy atom. The van der Waals surface area contributed by atoms with Gasteiger partial charge in [-0.1, -0.05) is 55.3 Å². The normalized spacial score (nSPS) is 11.8. The number of carbonyl (C=O) groups is 2. The predicted molar refractivity (Wildman–Crippen MR) is 161 cm³/mol. The molecular formula is C31H39N7O3. The number of anilines is 1. The van der Waals surface area contributed by atoms with Crippen molar-refractivity contribution in [2.45, 2.75) is 45.1 Å². The van der Waals surface area contributed by atoms with Gasteiger partial charge in [-0.3, -0.25) is 14.8 Å². The number of fused-ring (bicyclic) bond motifs is 1.